The smallest absolute Gasteiger partial charge is 0.220 e. The number of aromatic nitrogens is 5. The van der Waals surface area contributed by atoms with Gasteiger partial charge in [0.15, 0.2) is 5.82 Å². The summed E-state index contributed by atoms with van der Waals surface area (Å²) in [7, 11) is 30.4. The molecule has 1 aliphatic rings. The van der Waals surface area contributed by atoms with Crippen LogP contribution >= 0.6 is 11.6 Å². The van der Waals surface area contributed by atoms with Crippen molar-refractivity contribution < 1.29 is 9.84 Å². The lowest BCUT2D eigenvalue weighted by molar-refractivity contribution is 0.132. The van der Waals surface area contributed by atoms with Crippen LogP contribution in [0.4, 0.5) is 5.95 Å². The number of nitrogens with two attached hydrogens (primary N) is 1. The van der Waals surface area contributed by atoms with Gasteiger partial charge in [-0.15, -0.1) is 10.2 Å². The molecule has 1 saturated heterocycles. The Labute approximate surface area is 206 Å². The third-order valence-corrected chi connectivity index (χ3v) is 5.41. The number of hydrogen-bond donors (Lipinski definition) is 2. The number of methoxy groups -OCH3 is 1. The highest BCUT2D eigenvalue weighted by Crippen LogP contribution is 2.34. The summed E-state index contributed by atoms with van der Waals surface area (Å²) in [5, 5.41) is 17.3. The molecule has 15 heteroatoms. The first kappa shape index (κ1) is 27.8. The van der Waals surface area contributed by atoms with Gasteiger partial charge >= 0.3 is 0 Å². The van der Waals surface area contributed by atoms with Gasteiger partial charge in [0.1, 0.15) is 27.2 Å². The van der Waals surface area contributed by atoms with Crippen LogP contribution in [0.3, 0.4) is 0 Å². The highest BCUT2D eigenvalue weighted by Gasteiger charge is 2.34. The van der Waals surface area contributed by atoms with Crippen LogP contribution in [-0.4, -0.2) is 106 Å². The van der Waals surface area contributed by atoms with E-state index >= 15 is 0 Å². The summed E-state index contributed by atoms with van der Waals surface area (Å²) in [5.74, 6) is 0.301. The van der Waals surface area contributed by atoms with Crippen molar-refractivity contribution in [2.75, 3.05) is 32.5 Å². The Balaban J connectivity index is 0.000000569. The van der Waals surface area contributed by atoms with E-state index < -0.39 is 10.8 Å². The monoisotopic (exact) mass is 461 g/mol. The first-order valence-electron chi connectivity index (χ1n) is 10.5. The van der Waals surface area contributed by atoms with Gasteiger partial charge in [0.25, 0.3) is 0 Å². The number of ether oxygens (including phenoxy) is 1. The van der Waals surface area contributed by atoms with Crippen LogP contribution < -0.4 is 5.73 Å². The van der Waals surface area contributed by atoms with E-state index in [4.69, 9.17) is 61.3 Å². The Hall–Kier alpha value is -1.49. The third kappa shape index (κ3) is 7.50. The standard InChI is InChI=1S/C13H13B5ClN7O.C5H12O/c14-12(15,16)25-3-1-6(2-4-25)9-23-24-10(26(9)13(17,18)27)8-7(19)5-21-11(20)22-8;1-3-4-5-6-2/h5-6,27H,1-4H2,(H2,20,21,22);3-5H2,1-2H3. The maximum atomic E-state index is 10.3. The fourth-order valence-corrected chi connectivity index (χ4v) is 3.59. The molecule has 0 aliphatic carbocycles. The molecule has 2 aromatic rings. The summed E-state index contributed by atoms with van der Waals surface area (Å²) in [5.41, 5.74) is 3.49. The van der Waals surface area contributed by atoms with Crippen molar-refractivity contribution in [1.29, 1.82) is 0 Å². The average molecular weight is 461 g/mol. The quantitative estimate of drug-likeness (QED) is 0.423. The largest absolute Gasteiger partial charge is 0.389 e. The van der Waals surface area contributed by atoms with Crippen molar-refractivity contribution in [1.82, 2.24) is 29.6 Å². The summed E-state index contributed by atoms with van der Waals surface area (Å²) in [6.45, 7) is 4.10. The predicted molar refractivity (Wildman–Crippen MR) is 132 cm³/mol. The summed E-state index contributed by atoms with van der Waals surface area (Å²) in [6, 6.07) is 0. The maximum absolute atomic E-state index is 10.3. The van der Waals surface area contributed by atoms with E-state index in [0.717, 1.165) is 6.61 Å². The first-order valence-corrected chi connectivity index (χ1v) is 10.9. The molecule has 3 N–H and O–H groups in total. The predicted octanol–water partition coefficient (Wildman–Crippen LogP) is -0.403. The second kappa shape index (κ2) is 11.8. The minimum atomic E-state index is -2.28. The molecule has 2 aromatic heterocycles. The summed E-state index contributed by atoms with van der Waals surface area (Å²) in [4.78, 5) is 9.59. The molecular formula is C18H25B5ClN7O2. The minimum Gasteiger partial charge on any atom is -0.389 e. The molecule has 3 heterocycles. The van der Waals surface area contributed by atoms with Crippen molar-refractivity contribution in [3.63, 3.8) is 0 Å². The van der Waals surface area contributed by atoms with E-state index in [9.17, 15) is 5.11 Å². The van der Waals surface area contributed by atoms with Crippen molar-refractivity contribution in [2.24, 2.45) is 0 Å². The molecule has 0 aromatic carbocycles. The van der Waals surface area contributed by atoms with Crippen LogP contribution in [0.15, 0.2) is 6.20 Å². The number of hydrogen-bond acceptors (Lipinski definition) is 8. The van der Waals surface area contributed by atoms with Gasteiger partial charge < -0.3 is 20.5 Å². The highest BCUT2D eigenvalue weighted by molar-refractivity contribution is 6.59. The molecule has 0 bridgehead atoms. The molecule has 0 amide bonds. The number of nitrogens with zero attached hydrogens (tertiary/aromatic N) is 6. The van der Waals surface area contributed by atoms with Gasteiger partial charge in [-0.05, 0) is 32.4 Å². The second-order valence-corrected chi connectivity index (χ2v) is 8.33. The number of anilines is 1. The normalized spacial score (nSPS) is 15.8. The molecule has 0 atom stereocenters. The molecule has 33 heavy (non-hydrogen) atoms. The Morgan fingerprint density at radius 2 is 1.85 bits per heavy atom. The Bertz CT molecular complexity index is 895. The van der Waals surface area contributed by atoms with Crippen molar-refractivity contribution in [3.05, 3.63) is 17.0 Å². The molecule has 3 rings (SSSR count). The van der Waals surface area contributed by atoms with Gasteiger partial charge in [-0.2, -0.15) is 0 Å². The van der Waals surface area contributed by atoms with E-state index in [2.05, 4.69) is 27.1 Å². The van der Waals surface area contributed by atoms with Gasteiger partial charge in [0, 0.05) is 19.6 Å². The zero-order chi connectivity index (χ0) is 24.8. The maximum Gasteiger partial charge on any atom is 0.220 e. The fraction of sp³-hybridized carbons (Fsp3) is 0.667. The summed E-state index contributed by atoms with van der Waals surface area (Å²) in [6.07, 6.45) is 4.93. The summed E-state index contributed by atoms with van der Waals surface area (Å²) >= 11 is 6.14. The van der Waals surface area contributed by atoms with Crippen LogP contribution in [0.1, 0.15) is 44.3 Å². The van der Waals surface area contributed by atoms with Gasteiger partial charge in [-0.25, -0.2) is 9.97 Å². The number of piperidine rings is 1. The molecule has 1 fully saturated rings. The molecule has 166 valence electrons. The van der Waals surface area contributed by atoms with Gasteiger partial charge in [-0.3, -0.25) is 4.57 Å². The number of unbranched alkanes of at least 4 members (excludes halogenated alkanes) is 1. The lowest BCUT2D eigenvalue weighted by Gasteiger charge is -2.42. The van der Waals surface area contributed by atoms with E-state index in [1.807, 2.05) is 0 Å². The van der Waals surface area contributed by atoms with Crippen molar-refractivity contribution in [2.45, 2.75) is 49.3 Å². The van der Waals surface area contributed by atoms with Gasteiger partial charge in [-0.1, -0.05) is 30.2 Å². The lowest BCUT2D eigenvalue weighted by atomic mass is 9.48. The molecule has 10 radical (unpaired) electrons. The SMILES string of the molecule is CCCCOC.[B]C([B])([B])N1CCC(c2nnc(-c3nc(N)ncc3Cl)n2C([B])([B])O)CC1. The van der Waals surface area contributed by atoms with Crippen LogP contribution in [-0.2, 0) is 10.3 Å². The number of rotatable bonds is 7. The second-order valence-electron chi connectivity index (χ2n) is 7.92. The number of aliphatic hydroxyl groups is 1. The molecule has 1 aliphatic heterocycles. The Morgan fingerprint density at radius 1 is 1.21 bits per heavy atom. The molecule has 0 spiro atoms. The number of likely N-dealkylation sites (tertiary alicyclic amines) is 1. The number of halogens is 1. The zero-order valence-electron chi connectivity index (χ0n) is 19.0. The Kier molecular flexibility index (Phi) is 9.90. The number of nitrogen functional groups attached to an aromatic ring is 1. The Morgan fingerprint density at radius 3 is 2.33 bits per heavy atom. The average Bonchev–Trinajstić information content (AvgIpc) is 3.19. The van der Waals surface area contributed by atoms with Gasteiger partial charge in [0.2, 0.25) is 5.95 Å². The highest BCUT2D eigenvalue weighted by atomic mass is 35.5. The molecule has 0 unspecified atom stereocenters. The molecule has 0 saturated carbocycles. The van der Waals surface area contributed by atoms with E-state index in [1.54, 1.807) is 12.0 Å². The zero-order valence-corrected chi connectivity index (χ0v) is 19.7. The van der Waals surface area contributed by atoms with Crippen LogP contribution in [0.5, 0.6) is 0 Å². The molecular weight excluding hydrogens is 436 g/mol. The lowest BCUT2D eigenvalue weighted by Crippen LogP contribution is -2.53. The molecule has 9 nitrogen and oxygen atoms in total. The van der Waals surface area contributed by atoms with E-state index in [0.29, 0.717) is 31.8 Å². The van der Waals surface area contributed by atoms with Crippen LogP contribution in [0, 0.1) is 0 Å². The van der Waals surface area contributed by atoms with Crippen LogP contribution in [0.2, 0.25) is 5.02 Å². The van der Waals surface area contributed by atoms with Crippen molar-refractivity contribution >= 4 is 56.8 Å². The van der Waals surface area contributed by atoms with Crippen molar-refractivity contribution in [3.8, 4) is 11.5 Å². The third-order valence-electron chi connectivity index (χ3n) is 5.13. The summed E-state index contributed by atoms with van der Waals surface area (Å²) < 4.78 is 5.96. The fourth-order valence-electron chi connectivity index (χ4n) is 3.42. The first-order chi connectivity index (χ1) is 15.4. The van der Waals surface area contributed by atoms with Crippen LogP contribution in [0.25, 0.3) is 11.5 Å². The van der Waals surface area contributed by atoms with E-state index in [1.165, 1.54) is 23.6 Å². The minimum absolute atomic E-state index is 0.0263. The van der Waals surface area contributed by atoms with Gasteiger partial charge in [0.05, 0.1) is 40.3 Å². The topological polar surface area (TPSA) is 115 Å². The van der Waals surface area contributed by atoms with E-state index in [-0.39, 0.29) is 28.4 Å².